The van der Waals surface area contributed by atoms with E-state index in [2.05, 4.69) is 5.16 Å². The summed E-state index contributed by atoms with van der Waals surface area (Å²) in [5, 5.41) is 3.95. The van der Waals surface area contributed by atoms with Crippen molar-refractivity contribution in [3.63, 3.8) is 0 Å². The summed E-state index contributed by atoms with van der Waals surface area (Å²) in [5.41, 5.74) is 0.411. The van der Waals surface area contributed by atoms with E-state index < -0.39 is 0 Å². The Hall–Kier alpha value is -1.65. The van der Waals surface area contributed by atoms with Crippen LogP contribution in [0.1, 0.15) is 67.1 Å². The topological polar surface area (TPSA) is 63.4 Å². The lowest BCUT2D eigenvalue weighted by molar-refractivity contribution is -0.121. The minimum absolute atomic E-state index is 0.0475. The van der Waals surface area contributed by atoms with E-state index in [1.54, 1.807) is 6.07 Å². The number of carbonyl (C=O) groups is 2. The van der Waals surface area contributed by atoms with Crippen molar-refractivity contribution in [2.45, 2.75) is 56.9 Å². The summed E-state index contributed by atoms with van der Waals surface area (Å²) >= 11 is 0. The maximum Gasteiger partial charge on any atom is 0.276 e. The normalized spacial score (nSPS) is 29.3. The van der Waals surface area contributed by atoms with E-state index in [0.717, 1.165) is 50.8 Å². The number of aromatic nitrogens is 1. The van der Waals surface area contributed by atoms with Gasteiger partial charge in [-0.05, 0) is 38.5 Å². The molecule has 1 aliphatic heterocycles. The quantitative estimate of drug-likeness (QED) is 0.857. The molecule has 1 aromatic rings. The molecular weight excluding hydrogens is 268 g/mol. The maximum atomic E-state index is 12.7. The zero-order chi connectivity index (χ0) is 14.4. The van der Waals surface area contributed by atoms with Gasteiger partial charge in [-0.2, -0.15) is 0 Å². The molecule has 5 heteroatoms. The number of ketones is 1. The molecule has 2 atom stereocenters. The SMILES string of the molecule is O=C1CCC[C@H]1[C@H]1CCCN1C(=O)c1cc(C2CC2)on1. The standard InChI is InChI=1S/C16H20N2O3/c19-14-5-1-3-11(14)13-4-2-8-18(13)16(20)12-9-15(21-17-12)10-6-7-10/h9-11,13H,1-8H2/t11-,13+/m0/s1. The smallest absolute Gasteiger partial charge is 0.276 e. The van der Waals surface area contributed by atoms with Gasteiger partial charge in [0, 0.05) is 36.9 Å². The molecule has 112 valence electrons. The molecule has 0 aromatic carbocycles. The van der Waals surface area contributed by atoms with Crippen molar-refractivity contribution >= 4 is 11.7 Å². The van der Waals surface area contributed by atoms with Gasteiger partial charge < -0.3 is 9.42 Å². The predicted molar refractivity (Wildman–Crippen MR) is 74.9 cm³/mol. The van der Waals surface area contributed by atoms with Gasteiger partial charge in [0.2, 0.25) is 0 Å². The molecule has 2 heterocycles. The average Bonchev–Trinajstić information content (AvgIpc) is 2.93. The Bertz CT molecular complexity index is 576. The fourth-order valence-electron chi connectivity index (χ4n) is 3.81. The van der Waals surface area contributed by atoms with Crippen molar-refractivity contribution in [3.05, 3.63) is 17.5 Å². The third-order valence-electron chi connectivity index (χ3n) is 5.10. The molecule has 0 spiro atoms. The lowest BCUT2D eigenvalue weighted by atomic mass is 9.95. The van der Waals surface area contributed by atoms with Crippen LogP contribution in [0.2, 0.25) is 0 Å². The monoisotopic (exact) mass is 288 g/mol. The molecule has 0 unspecified atom stereocenters. The molecule has 2 aliphatic carbocycles. The van der Waals surface area contributed by atoms with Crippen molar-refractivity contribution in [3.8, 4) is 0 Å². The summed E-state index contributed by atoms with van der Waals surface area (Å²) in [6.07, 6.45) is 6.76. The molecule has 1 amide bonds. The summed E-state index contributed by atoms with van der Waals surface area (Å²) in [5.74, 6) is 1.62. The highest BCUT2D eigenvalue weighted by Gasteiger charge is 2.41. The average molecular weight is 288 g/mol. The van der Waals surface area contributed by atoms with Crippen LogP contribution in [0, 0.1) is 5.92 Å². The molecule has 4 rings (SSSR count). The minimum Gasteiger partial charge on any atom is -0.360 e. The van der Waals surface area contributed by atoms with Crippen LogP contribution in [0.15, 0.2) is 10.6 Å². The van der Waals surface area contributed by atoms with E-state index in [9.17, 15) is 9.59 Å². The summed E-state index contributed by atoms with van der Waals surface area (Å²) in [6.45, 7) is 0.735. The third-order valence-corrected chi connectivity index (χ3v) is 5.10. The number of likely N-dealkylation sites (tertiary alicyclic amines) is 1. The second kappa shape index (κ2) is 4.97. The Morgan fingerprint density at radius 2 is 2.10 bits per heavy atom. The van der Waals surface area contributed by atoms with E-state index in [1.807, 2.05) is 4.90 Å². The Morgan fingerprint density at radius 3 is 2.81 bits per heavy atom. The van der Waals surface area contributed by atoms with Crippen LogP contribution >= 0.6 is 0 Å². The largest absolute Gasteiger partial charge is 0.360 e. The Balaban J connectivity index is 1.52. The van der Waals surface area contributed by atoms with Crippen molar-refractivity contribution in [2.24, 2.45) is 5.92 Å². The number of carbonyl (C=O) groups excluding carboxylic acids is 2. The van der Waals surface area contributed by atoms with Crippen molar-refractivity contribution in [1.82, 2.24) is 10.1 Å². The van der Waals surface area contributed by atoms with Crippen molar-refractivity contribution in [1.29, 1.82) is 0 Å². The van der Waals surface area contributed by atoms with E-state index in [1.165, 1.54) is 0 Å². The highest BCUT2D eigenvalue weighted by atomic mass is 16.5. The van der Waals surface area contributed by atoms with E-state index in [4.69, 9.17) is 4.52 Å². The van der Waals surface area contributed by atoms with Gasteiger partial charge in [-0.25, -0.2) is 0 Å². The second-order valence-corrected chi connectivity index (χ2v) is 6.56. The van der Waals surface area contributed by atoms with Gasteiger partial charge in [-0.15, -0.1) is 0 Å². The zero-order valence-corrected chi connectivity index (χ0v) is 12.1. The number of rotatable bonds is 3. The zero-order valence-electron chi connectivity index (χ0n) is 12.1. The molecule has 5 nitrogen and oxygen atoms in total. The first-order valence-corrected chi connectivity index (χ1v) is 8.04. The van der Waals surface area contributed by atoms with Crippen LogP contribution in [0.25, 0.3) is 0 Å². The van der Waals surface area contributed by atoms with E-state index >= 15 is 0 Å². The molecule has 0 N–H and O–H groups in total. The highest BCUT2D eigenvalue weighted by molar-refractivity contribution is 5.93. The van der Waals surface area contributed by atoms with Crippen molar-refractivity contribution < 1.29 is 14.1 Å². The summed E-state index contributed by atoms with van der Waals surface area (Å²) in [7, 11) is 0. The maximum absolute atomic E-state index is 12.7. The molecule has 21 heavy (non-hydrogen) atoms. The number of Topliss-reactive ketones (excluding diaryl/α,β-unsaturated/α-hetero) is 1. The fourth-order valence-corrected chi connectivity index (χ4v) is 3.81. The predicted octanol–water partition coefficient (Wildman–Crippen LogP) is 2.53. The van der Waals surface area contributed by atoms with Crippen LogP contribution in [-0.4, -0.2) is 34.3 Å². The van der Waals surface area contributed by atoms with Crippen LogP contribution in [0.3, 0.4) is 0 Å². The number of hydrogen-bond acceptors (Lipinski definition) is 4. The lowest BCUT2D eigenvalue weighted by Gasteiger charge is -2.27. The molecule has 0 bridgehead atoms. The van der Waals surface area contributed by atoms with Gasteiger partial charge in [-0.1, -0.05) is 5.16 Å². The Kier molecular flexibility index (Phi) is 3.08. The minimum atomic E-state index is -0.0622. The molecule has 3 fully saturated rings. The third kappa shape index (κ3) is 2.28. The molecule has 0 radical (unpaired) electrons. The molecular formula is C16H20N2O3. The van der Waals surface area contributed by atoms with Crippen LogP contribution in [0.5, 0.6) is 0 Å². The fraction of sp³-hybridized carbons (Fsp3) is 0.688. The van der Waals surface area contributed by atoms with Gasteiger partial charge in [0.25, 0.3) is 5.91 Å². The van der Waals surface area contributed by atoms with Crippen LogP contribution in [0.4, 0.5) is 0 Å². The van der Waals surface area contributed by atoms with E-state index in [-0.39, 0.29) is 17.9 Å². The van der Waals surface area contributed by atoms with E-state index in [0.29, 0.717) is 23.8 Å². The number of hydrogen-bond donors (Lipinski definition) is 0. The summed E-state index contributed by atoms with van der Waals surface area (Å²) in [6, 6.07) is 1.87. The van der Waals surface area contributed by atoms with Crippen LogP contribution < -0.4 is 0 Å². The first kappa shape index (κ1) is 13.0. The second-order valence-electron chi connectivity index (χ2n) is 6.56. The first-order chi connectivity index (χ1) is 10.2. The Labute approximate surface area is 123 Å². The molecule has 1 aromatic heterocycles. The first-order valence-electron chi connectivity index (χ1n) is 8.04. The molecule has 1 saturated heterocycles. The van der Waals surface area contributed by atoms with Gasteiger partial charge >= 0.3 is 0 Å². The van der Waals surface area contributed by atoms with Crippen LogP contribution in [-0.2, 0) is 4.79 Å². The molecule has 2 saturated carbocycles. The number of nitrogens with zero attached hydrogens (tertiary/aromatic N) is 2. The van der Waals surface area contributed by atoms with Gasteiger partial charge in [0.15, 0.2) is 5.69 Å². The van der Waals surface area contributed by atoms with Gasteiger partial charge in [0.05, 0.1) is 0 Å². The molecule has 3 aliphatic rings. The van der Waals surface area contributed by atoms with Crippen molar-refractivity contribution in [2.75, 3.05) is 6.54 Å². The Morgan fingerprint density at radius 1 is 1.24 bits per heavy atom. The van der Waals surface area contributed by atoms with Gasteiger partial charge in [-0.3, -0.25) is 9.59 Å². The lowest BCUT2D eigenvalue weighted by Crippen LogP contribution is -2.41. The highest BCUT2D eigenvalue weighted by Crippen LogP contribution is 2.40. The summed E-state index contributed by atoms with van der Waals surface area (Å²) < 4.78 is 5.29. The summed E-state index contributed by atoms with van der Waals surface area (Å²) in [4.78, 5) is 26.5. The van der Waals surface area contributed by atoms with Gasteiger partial charge in [0.1, 0.15) is 11.5 Å². The number of amides is 1.